The van der Waals surface area contributed by atoms with Crippen molar-refractivity contribution in [2.75, 3.05) is 6.54 Å². The molecule has 9 heteroatoms. The van der Waals surface area contributed by atoms with E-state index in [2.05, 4.69) is 41.6 Å². The zero-order valence-electron chi connectivity index (χ0n) is 13.3. The molecule has 0 fully saturated rings. The summed E-state index contributed by atoms with van der Waals surface area (Å²) < 4.78 is 6.04. The standard InChI is InChI=1S/C14H19BrN6O2/c1-14(2,3)23-13(22)16-7-4-8-21-19-12(18-20-21)11-6-5-10(15)9-17-11/h5-6,9H,4,7-8H2,1-3H3,(H,16,22). The maximum atomic E-state index is 11.5. The Hall–Kier alpha value is -2.03. The first-order valence-corrected chi connectivity index (χ1v) is 7.99. The van der Waals surface area contributed by atoms with Crippen molar-refractivity contribution in [3.63, 3.8) is 0 Å². The Balaban J connectivity index is 1.77. The zero-order chi connectivity index (χ0) is 16.9. The average molecular weight is 383 g/mol. The number of rotatable bonds is 5. The maximum Gasteiger partial charge on any atom is 0.407 e. The lowest BCUT2D eigenvalue weighted by Crippen LogP contribution is -2.33. The number of aromatic nitrogens is 5. The van der Waals surface area contributed by atoms with Crippen molar-refractivity contribution in [3.05, 3.63) is 22.8 Å². The summed E-state index contributed by atoms with van der Waals surface area (Å²) in [4.78, 5) is 17.2. The summed E-state index contributed by atoms with van der Waals surface area (Å²) in [5, 5.41) is 14.9. The van der Waals surface area contributed by atoms with Crippen LogP contribution < -0.4 is 5.32 Å². The Kier molecular flexibility index (Phi) is 5.64. The second kappa shape index (κ2) is 7.49. The third-order valence-electron chi connectivity index (χ3n) is 2.61. The molecule has 0 bridgehead atoms. The number of hydrogen-bond acceptors (Lipinski definition) is 6. The van der Waals surface area contributed by atoms with Gasteiger partial charge in [0.25, 0.3) is 0 Å². The number of ether oxygens (including phenoxy) is 1. The van der Waals surface area contributed by atoms with E-state index in [1.165, 1.54) is 4.80 Å². The number of amides is 1. The molecule has 2 heterocycles. The van der Waals surface area contributed by atoms with Gasteiger partial charge in [-0.05, 0) is 60.5 Å². The van der Waals surface area contributed by atoms with Crippen molar-refractivity contribution >= 4 is 22.0 Å². The van der Waals surface area contributed by atoms with E-state index in [0.29, 0.717) is 31.0 Å². The number of pyridine rings is 1. The van der Waals surface area contributed by atoms with Gasteiger partial charge >= 0.3 is 6.09 Å². The fourth-order valence-corrected chi connectivity index (χ4v) is 1.91. The number of carbonyl (C=O) groups is 1. The molecule has 1 N–H and O–H groups in total. The van der Waals surface area contributed by atoms with Gasteiger partial charge in [-0.1, -0.05) is 0 Å². The summed E-state index contributed by atoms with van der Waals surface area (Å²) in [5.41, 5.74) is 0.163. The van der Waals surface area contributed by atoms with E-state index in [0.717, 1.165) is 4.47 Å². The van der Waals surface area contributed by atoms with Gasteiger partial charge in [-0.15, -0.1) is 10.2 Å². The van der Waals surface area contributed by atoms with E-state index in [4.69, 9.17) is 4.74 Å². The fourth-order valence-electron chi connectivity index (χ4n) is 1.67. The van der Waals surface area contributed by atoms with Crippen LogP contribution in [-0.2, 0) is 11.3 Å². The van der Waals surface area contributed by atoms with Crippen LogP contribution in [-0.4, -0.2) is 43.4 Å². The summed E-state index contributed by atoms with van der Waals surface area (Å²) >= 11 is 3.33. The molecule has 1 amide bonds. The van der Waals surface area contributed by atoms with Crippen molar-refractivity contribution < 1.29 is 9.53 Å². The average Bonchev–Trinajstić information content (AvgIpc) is 2.91. The minimum absolute atomic E-state index is 0.427. The molecule has 0 aliphatic rings. The predicted octanol–water partition coefficient (Wildman–Crippen LogP) is 2.41. The summed E-state index contributed by atoms with van der Waals surface area (Å²) in [6, 6.07) is 3.68. The molecule has 0 aromatic carbocycles. The van der Waals surface area contributed by atoms with Crippen LogP contribution in [0.15, 0.2) is 22.8 Å². The summed E-state index contributed by atoms with van der Waals surface area (Å²) in [6.45, 7) is 6.48. The Bertz CT molecular complexity index is 650. The second-order valence-corrected chi connectivity index (χ2v) is 6.77. The first kappa shape index (κ1) is 17.3. The quantitative estimate of drug-likeness (QED) is 0.797. The SMILES string of the molecule is CC(C)(C)OC(=O)NCCCn1nnc(-c2ccc(Br)cn2)n1. The summed E-state index contributed by atoms with van der Waals surface area (Å²) in [7, 11) is 0. The molecule has 0 saturated heterocycles. The minimum atomic E-state index is -0.496. The van der Waals surface area contributed by atoms with Crippen LogP contribution in [0.3, 0.4) is 0 Å². The van der Waals surface area contributed by atoms with E-state index >= 15 is 0 Å². The molecule has 0 unspecified atom stereocenters. The van der Waals surface area contributed by atoms with E-state index in [1.54, 1.807) is 6.20 Å². The number of aryl methyl sites for hydroxylation is 1. The van der Waals surface area contributed by atoms with Crippen LogP contribution in [0, 0.1) is 0 Å². The third kappa shape index (κ3) is 5.93. The number of nitrogens with zero attached hydrogens (tertiary/aromatic N) is 5. The number of carbonyl (C=O) groups excluding carboxylic acids is 1. The largest absolute Gasteiger partial charge is 0.444 e. The number of nitrogens with one attached hydrogen (secondary N) is 1. The molecule has 0 atom stereocenters. The minimum Gasteiger partial charge on any atom is -0.444 e. The Labute approximate surface area is 142 Å². The van der Waals surface area contributed by atoms with Gasteiger partial charge in [0.15, 0.2) is 0 Å². The molecule has 0 saturated carbocycles. The van der Waals surface area contributed by atoms with Crippen LogP contribution in [0.4, 0.5) is 4.79 Å². The van der Waals surface area contributed by atoms with Gasteiger partial charge in [0.05, 0.1) is 6.54 Å². The lowest BCUT2D eigenvalue weighted by Gasteiger charge is -2.19. The molecule has 2 aromatic heterocycles. The van der Waals surface area contributed by atoms with Crippen LogP contribution in [0.2, 0.25) is 0 Å². The normalized spacial score (nSPS) is 11.3. The monoisotopic (exact) mass is 382 g/mol. The lowest BCUT2D eigenvalue weighted by molar-refractivity contribution is 0.0526. The van der Waals surface area contributed by atoms with Crippen molar-refractivity contribution in [1.29, 1.82) is 0 Å². The van der Waals surface area contributed by atoms with E-state index in [9.17, 15) is 4.79 Å². The van der Waals surface area contributed by atoms with Crippen molar-refractivity contribution in [2.24, 2.45) is 0 Å². The van der Waals surface area contributed by atoms with Gasteiger partial charge in [-0.3, -0.25) is 4.98 Å². The van der Waals surface area contributed by atoms with E-state index in [-0.39, 0.29) is 0 Å². The number of hydrogen-bond donors (Lipinski definition) is 1. The van der Waals surface area contributed by atoms with Crippen LogP contribution in [0.5, 0.6) is 0 Å². The van der Waals surface area contributed by atoms with Crippen LogP contribution in [0.1, 0.15) is 27.2 Å². The second-order valence-electron chi connectivity index (χ2n) is 5.85. The van der Waals surface area contributed by atoms with Crippen molar-refractivity contribution in [2.45, 2.75) is 39.3 Å². The van der Waals surface area contributed by atoms with Crippen molar-refractivity contribution in [1.82, 2.24) is 30.5 Å². The Morgan fingerprint density at radius 3 is 2.83 bits per heavy atom. The molecule has 0 spiro atoms. The smallest absolute Gasteiger partial charge is 0.407 e. The molecule has 23 heavy (non-hydrogen) atoms. The first-order valence-electron chi connectivity index (χ1n) is 7.20. The van der Waals surface area contributed by atoms with Crippen LogP contribution >= 0.6 is 15.9 Å². The van der Waals surface area contributed by atoms with E-state index in [1.807, 2.05) is 32.9 Å². The molecular weight excluding hydrogens is 364 g/mol. The molecule has 0 aliphatic heterocycles. The molecule has 0 aliphatic carbocycles. The van der Waals surface area contributed by atoms with E-state index < -0.39 is 11.7 Å². The lowest BCUT2D eigenvalue weighted by atomic mass is 10.2. The van der Waals surface area contributed by atoms with Gasteiger partial charge in [0, 0.05) is 17.2 Å². The highest BCUT2D eigenvalue weighted by Crippen LogP contribution is 2.14. The molecule has 2 aromatic rings. The van der Waals surface area contributed by atoms with Crippen molar-refractivity contribution in [3.8, 4) is 11.5 Å². The van der Waals surface area contributed by atoms with Gasteiger partial charge in [0.1, 0.15) is 11.3 Å². The molecule has 124 valence electrons. The Morgan fingerprint density at radius 2 is 2.17 bits per heavy atom. The van der Waals surface area contributed by atoms with Gasteiger partial charge < -0.3 is 10.1 Å². The first-order chi connectivity index (χ1) is 10.8. The maximum absolute atomic E-state index is 11.5. The number of tetrazole rings is 1. The van der Waals surface area contributed by atoms with Gasteiger partial charge in [0.2, 0.25) is 5.82 Å². The number of halogens is 1. The van der Waals surface area contributed by atoms with Crippen LogP contribution in [0.25, 0.3) is 11.5 Å². The number of alkyl carbamates (subject to hydrolysis) is 1. The highest BCUT2D eigenvalue weighted by Gasteiger charge is 2.15. The predicted molar refractivity (Wildman–Crippen MR) is 87.6 cm³/mol. The summed E-state index contributed by atoms with van der Waals surface area (Å²) in [5.74, 6) is 0.470. The van der Waals surface area contributed by atoms with Gasteiger partial charge in [-0.2, -0.15) is 4.80 Å². The zero-order valence-corrected chi connectivity index (χ0v) is 14.9. The van der Waals surface area contributed by atoms with Gasteiger partial charge in [-0.25, -0.2) is 4.79 Å². The molecule has 0 radical (unpaired) electrons. The highest BCUT2D eigenvalue weighted by molar-refractivity contribution is 9.10. The topological polar surface area (TPSA) is 94.8 Å². The fraction of sp³-hybridized carbons (Fsp3) is 0.500. The third-order valence-corrected chi connectivity index (χ3v) is 3.08. The molecule has 2 rings (SSSR count). The molecule has 8 nitrogen and oxygen atoms in total. The highest BCUT2D eigenvalue weighted by atomic mass is 79.9. The molecular formula is C14H19BrN6O2. The Morgan fingerprint density at radius 1 is 1.39 bits per heavy atom. The summed E-state index contributed by atoms with van der Waals surface area (Å²) in [6.07, 6.45) is 1.92.